The molecule has 3 nitrogen and oxygen atoms in total. The SMILES string of the molecule is c1ccc(-c2ccc(-c3c(-c4nc(-c5ccccc5)cc(-c5ccccc5)n4)ccc4oc5ccccc5c34)cc2)cc1. The first kappa shape index (κ1) is 25.0. The number of hydrogen-bond acceptors (Lipinski definition) is 3. The van der Waals surface area contributed by atoms with Gasteiger partial charge < -0.3 is 4.42 Å². The average Bonchev–Trinajstić information content (AvgIpc) is 3.48. The minimum atomic E-state index is 0.675. The summed E-state index contributed by atoms with van der Waals surface area (Å²) in [7, 11) is 0. The Morgan fingerprint density at radius 2 is 0.907 bits per heavy atom. The number of furan rings is 1. The quantitative estimate of drug-likeness (QED) is 0.214. The van der Waals surface area contributed by atoms with Crippen molar-refractivity contribution >= 4 is 21.9 Å². The minimum Gasteiger partial charge on any atom is -0.456 e. The zero-order valence-corrected chi connectivity index (χ0v) is 23.3. The molecule has 0 atom stereocenters. The number of benzene rings is 6. The van der Waals surface area contributed by atoms with Crippen LogP contribution in [0.25, 0.3) is 78.1 Å². The van der Waals surface area contributed by atoms with Crippen molar-refractivity contribution in [3.05, 3.63) is 158 Å². The number of fused-ring (bicyclic) bond motifs is 3. The van der Waals surface area contributed by atoms with E-state index in [9.17, 15) is 0 Å². The second-order valence-electron chi connectivity index (χ2n) is 10.6. The maximum Gasteiger partial charge on any atom is 0.161 e. The Hall–Kier alpha value is -5.80. The highest BCUT2D eigenvalue weighted by Gasteiger charge is 2.20. The first-order chi connectivity index (χ1) is 21.3. The molecule has 0 saturated heterocycles. The summed E-state index contributed by atoms with van der Waals surface area (Å²) in [6.07, 6.45) is 0. The van der Waals surface area contributed by atoms with Crippen LogP contribution < -0.4 is 0 Å². The standard InChI is InChI=1S/C40H26N2O/c1-4-12-27(13-5-1)28-20-22-31(23-21-28)38-33(24-25-37-39(38)32-18-10-11-19-36(32)43-37)40-41-34(29-14-6-2-7-15-29)26-35(42-40)30-16-8-3-9-17-30/h1-26H. The molecule has 2 aromatic heterocycles. The molecular weight excluding hydrogens is 524 g/mol. The van der Waals surface area contributed by atoms with Crippen molar-refractivity contribution < 1.29 is 4.42 Å². The molecule has 2 heterocycles. The lowest BCUT2D eigenvalue weighted by Crippen LogP contribution is -1.98. The number of nitrogens with zero attached hydrogens (tertiary/aromatic N) is 2. The van der Waals surface area contributed by atoms with Crippen molar-refractivity contribution in [2.45, 2.75) is 0 Å². The molecule has 202 valence electrons. The van der Waals surface area contributed by atoms with E-state index in [1.54, 1.807) is 0 Å². The number of hydrogen-bond donors (Lipinski definition) is 0. The molecule has 0 radical (unpaired) electrons. The molecule has 6 aromatic carbocycles. The lowest BCUT2D eigenvalue weighted by molar-refractivity contribution is 0.669. The first-order valence-electron chi connectivity index (χ1n) is 14.4. The number of rotatable bonds is 5. The van der Waals surface area contributed by atoms with Gasteiger partial charge in [-0.2, -0.15) is 0 Å². The van der Waals surface area contributed by atoms with Gasteiger partial charge in [0.15, 0.2) is 5.82 Å². The van der Waals surface area contributed by atoms with Crippen LogP contribution in [0.15, 0.2) is 162 Å². The Labute approximate surface area is 249 Å². The van der Waals surface area contributed by atoms with Crippen molar-refractivity contribution in [1.29, 1.82) is 0 Å². The Balaban J connectivity index is 1.40. The van der Waals surface area contributed by atoms with Crippen LogP contribution in [0, 0.1) is 0 Å². The van der Waals surface area contributed by atoms with Crippen LogP contribution in [-0.2, 0) is 0 Å². The predicted octanol–water partition coefficient (Wildman–Crippen LogP) is 10.7. The van der Waals surface area contributed by atoms with Crippen molar-refractivity contribution in [2.24, 2.45) is 0 Å². The van der Waals surface area contributed by atoms with Crippen molar-refractivity contribution in [1.82, 2.24) is 9.97 Å². The zero-order valence-electron chi connectivity index (χ0n) is 23.3. The van der Waals surface area contributed by atoms with Gasteiger partial charge in [0.2, 0.25) is 0 Å². The van der Waals surface area contributed by atoms with Crippen molar-refractivity contribution in [2.75, 3.05) is 0 Å². The smallest absolute Gasteiger partial charge is 0.161 e. The van der Waals surface area contributed by atoms with E-state index in [4.69, 9.17) is 14.4 Å². The van der Waals surface area contributed by atoms with Crippen molar-refractivity contribution in [3.63, 3.8) is 0 Å². The second-order valence-corrected chi connectivity index (χ2v) is 10.6. The van der Waals surface area contributed by atoms with E-state index in [2.05, 4.69) is 97.1 Å². The lowest BCUT2D eigenvalue weighted by Gasteiger charge is -2.14. The van der Waals surface area contributed by atoms with Gasteiger partial charge in [-0.15, -0.1) is 0 Å². The van der Waals surface area contributed by atoms with Gasteiger partial charge in [0, 0.05) is 33.0 Å². The summed E-state index contributed by atoms with van der Waals surface area (Å²) in [4.78, 5) is 10.4. The van der Waals surface area contributed by atoms with E-state index < -0.39 is 0 Å². The molecule has 8 aromatic rings. The minimum absolute atomic E-state index is 0.675. The van der Waals surface area contributed by atoms with Gasteiger partial charge in [-0.1, -0.05) is 133 Å². The van der Waals surface area contributed by atoms with Gasteiger partial charge in [-0.25, -0.2) is 9.97 Å². The fraction of sp³-hybridized carbons (Fsp3) is 0. The monoisotopic (exact) mass is 550 g/mol. The molecule has 0 aliphatic rings. The van der Waals surface area contributed by atoms with E-state index in [-0.39, 0.29) is 0 Å². The van der Waals surface area contributed by atoms with Crippen LogP contribution in [0.4, 0.5) is 0 Å². The van der Waals surface area contributed by atoms with E-state index in [0.717, 1.165) is 61.1 Å². The van der Waals surface area contributed by atoms with Crippen LogP contribution in [0.2, 0.25) is 0 Å². The Kier molecular flexibility index (Phi) is 6.12. The fourth-order valence-corrected chi connectivity index (χ4v) is 5.84. The van der Waals surface area contributed by atoms with Crippen LogP contribution in [0.3, 0.4) is 0 Å². The fourth-order valence-electron chi connectivity index (χ4n) is 5.84. The molecule has 0 amide bonds. The highest BCUT2D eigenvalue weighted by atomic mass is 16.3. The maximum atomic E-state index is 6.34. The Bertz CT molecular complexity index is 2140. The van der Waals surface area contributed by atoms with Gasteiger partial charge in [-0.05, 0) is 41.0 Å². The zero-order chi connectivity index (χ0) is 28.6. The Morgan fingerprint density at radius 3 is 1.53 bits per heavy atom. The van der Waals surface area contributed by atoms with E-state index >= 15 is 0 Å². The summed E-state index contributed by atoms with van der Waals surface area (Å²) in [5, 5.41) is 2.14. The molecule has 0 aliphatic carbocycles. The molecule has 8 rings (SSSR count). The first-order valence-corrected chi connectivity index (χ1v) is 14.4. The summed E-state index contributed by atoms with van der Waals surface area (Å²) in [6, 6.07) is 54.3. The van der Waals surface area contributed by atoms with Gasteiger partial charge in [0.25, 0.3) is 0 Å². The van der Waals surface area contributed by atoms with Gasteiger partial charge in [0.05, 0.1) is 11.4 Å². The molecule has 0 bridgehead atoms. The molecular formula is C40H26N2O. The normalized spacial score (nSPS) is 11.3. The molecule has 0 fully saturated rings. The van der Waals surface area contributed by atoms with E-state index in [1.807, 2.05) is 60.7 Å². The number of aromatic nitrogens is 2. The van der Waals surface area contributed by atoms with Crippen molar-refractivity contribution in [3.8, 4) is 56.2 Å². The highest BCUT2D eigenvalue weighted by molar-refractivity contribution is 6.15. The molecule has 3 heteroatoms. The topological polar surface area (TPSA) is 38.9 Å². The van der Waals surface area contributed by atoms with Gasteiger partial charge >= 0.3 is 0 Å². The molecule has 0 spiro atoms. The molecule has 43 heavy (non-hydrogen) atoms. The highest BCUT2D eigenvalue weighted by Crippen LogP contribution is 2.43. The van der Waals surface area contributed by atoms with Crippen LogP contribution in [0.5, 0.6) is 0 Å². The third kappa shape index (κ3) is 4.58. The summed E-state index contributed by atoms with van der Waals surface area (Å²) >= 11 is 0. The predicted molar refractivity (Wildman–Crippen MR) is 176 cm³/mol. The van der Waals surface area contributed by atoms with Crippen LogP contribution >= 0.6 is 0 Å². The Morgan fingerprint density at radius 1 is 0.395 bits per heavy atom. The lowest BCUT2D eigenvalue weighted by atomic mass is 9.92. The molecule has 0 unspecified atom stereocenters. The van der Waals surface area contributed by atoms with E-state index in [1.165, 1.54) is 11.1 Å². The number of para-hydroxylation sites is 1. The second kappa shape index (κ2) is 10.6. The third-order valence-corrected chi connectivity index (χ3v) is 7.93. The molecule has 0 aliphatic heterocycles. The van der Waals surface area contributed by atoms with Crippen LogP contribution in [0.1, 0.15) is 0 Å². The third-order valence-electron chi connectivity index (χ3n) is 7.93. The van der Waals surface area contributed by atoms with Gasteiger partial charge in [0.1, 0.15) is 11.2 Å². The van der Waals surface area contributed by atoms with E-state index in [0.29, 0.717) is 5.82 Å². The summed E-state index contributed by atoms with van der Waals surface area (Å²) in [5.41, 5.74) is 11.0. The summed E-state index contributed by atoms with van der Waals surface area (Å²) < 4.78 is 6.34. The maximum absolute atomic E-state index is 6.34. The largest absolute Gasteiger partial charge is 0.456 e. The summed E-state index contributed by atoms with van der Waals surface area (Å²) in [5.74, 6) is 0.675. The van der Waals surface area contributed by atoms with Crippen LogP contribution in [-0.4, -0.2) is 9.97 Å². The average molecular weight is 551 g/mol. The summed E-state index contributed by atoms with van der Waals surface area (Å²) in [6.45, 7) is 0. The molecule has 0 saturated carbocycles. The molecule has 0 N–H and O–H groups in total. The van der Waals surface area contributed by atoms with Gasteiger partial charge in [-0.3, -0.25) is 0 Å².